The van der Waals surface area contributed by atoms with Crippen LogP contribution in [-0.4, -0.2) is 42.4 Å². The second kappa shape index (κ2) is 3.30. The van der Waals surface area contributed by atoms with Crippen LogP contribution in [0, 0.1) is 11.8 Å². The zero-order valence-corrected chi connectivity index (χ0v) is 7.25. The molecule has 0 spiro atoms. The maximum Gasteiger partial charge on any atom is 0.117 e. The molecule has 0 amide bonds. The van der Waals surface area contributed by atoms with E-state index < -0.39 is 12.8 Å². The van der Waals surface area contributed by atoms with Gasteiger partial charge in [0.15, 0.2) is 0 Å². The van der Waals surface area contributed by atoms with Gasteiger partial charge in [-0.15, -0.1) is 0 Å². The topological polar surface area (TPSA) is 23.5 Å². The molecule has 0 aromatic rings. The van der Waals surface area contributed by atoms with E-state index in [0.29, 0.717) is 6.54 Å². The van der Waals surface area contributed by atoms with E-state index in [-0.39, 0.29) is 0 Å². The largest absolute Gasteiger partial charge is 0.389 e. The average molecular weight is 173 g/mol. The molecule has 70 valence electrons. The molecule has 2 aliphatic rings. The van der Waals surface area contributed by atoms with Gasteiger partial charge in [0.1, 0.15) is 6.67 Å². The summed E-state index contributed by atoms with van der Waals surface area (Å²) in [5, 5.41) is 9.09. The van der Waals surface area contributed by atoms with Crippen LogP contribution in [-0.2, 0) is 0 Å². The molecule has 1 aliphatic heterocycles. The van der Waals surface area contributed by atoms with Gasteiger partial charge in [0.2, 0.25) is 0 Å². The number of hydrogen-bond acceptors (Lipinski definition) is 2. The smallest absolute Gasteiger partial charge is 0.117 e. The first-order valence-electron chi connectivity index (χ1n) is 4.76. The van der Waals surface area contributed by atoms with Gasteiger partial charge >= 0.3 is 0 Å². The minimum atomic E-state index is -0.762. The van der Waals surface area contributed by atoms with E-state index in [1.54, 1.807) is 0 Å². The van der Waals surface area contributed by atoms with Crippen molar-refractivity contribution in [2.75, 3.05) is 26.3 Å². The second-order valence-corrected chi connectivity index (χ2v) is 4.12. The van der Waals surface area contributed by atoms with Gasteiger partial charge in [-0.1, -0.05) is 0 Å². The van der Waals surface area contributed by atoms with Crippen LogP contribution in [0.2, 0.25) is 0 Å². The van der Waals surface area contributed by atoms with Crippen LogP contribution in [0.5, 0.6) is 0 Å². The Bertz CT molecular complexity index is 153. The standard InChI is InChI=1S/C9H16FNO/c10-3-9(12)6-11-4-7-1-2-8(7)5-11/h7-9,12H,1-6H2. The molecule has 3 heteroatoms. The van der Waals surface area contributed by atoms with Gasteiger partial charge in [0.25, 0.3) is 0 Å². The van der Waals surface area contributed by atoms with E-state index in [4.69, 9.17) is 5.11 Å². The predicted octanol–water partition coefficient (Wildman–Crippen LogP) is 0.659. The van der Waals surface area contributed by atoms with Crippen LogP contribution in [0.3, 0.4) is 0 Å². The average Bonchev–Trinajstić information content (AvgIpc) is 2.30. The van der Waals surface area contributed by atoms with Crippen molar-refractivity contribution >= 4 is 0 Å². The summed E-state index contributed by atoms with van der Waals surface area (Å²) < 4.78 is 12.0. The van der Waals surface area contributed by atoms with Gasteiger partial charge in [-0.3, -0.25) is 0 Å². The fourth-order valence-electron chi connectivity index (χ4n) is 2.35. The molecule has 2 nitrogen and oxygen atoms in total. The van der Waals surface area contributed by atoms with Gasteiger partial charge in [-0.25, -0.2) is 4.39 Å². The van der Waals surface area contributed by atoms with Crippen molar-refractivity contribution in [3.63, 3.8) is 0 Å². The minimum Gasteiger partial charge on any atom is -0.389 e. The zero-order chi connectivity index (χ0) is 8.55. The first-order chi connectivity index (χ1) is 5.79. The first kappa shape index (κ1) is 8.45. The molecule has 0 bridgehead atoms. The third kappa shape index (κ3) is 1.48. The summed E-state index contributed by atoms with van der Waals surface area (Å²) in [6.45, 7) is 2.10. The number of likely N-dealkylation sites (tertiary alicyclic amines) is 1. The molecule has 12 heavy (non-hydrogen) atoms. The minimum absolute atomic E-state index is 0.531. The number of halogens is 1. The van der Waals surface area contributed by atoms with Crippen molar-refractivity contribution in [2.45, 2.75) is 18.9 Å². The van der Waals surface area contributed by atoms with Crippen LogP contribution in [0.1, 0.15) is 12.8 Å². The van der Waals surface area contributed by atoms with Crippen molar-refractivity contribution in [3.8, 4) is 0 Å². The summed E-state index contributed by atoms with van der Waals surface area (Å²) >= 11 is 0. The van der Waals surface area contributed by atoms with E-state index >= 15 is 0 Å². The number of rotatable bonds is 3. The molecule has 3 atom stereocenters. The Kier molecular flexibility index (Phi) is 2.33. The van der Waals surface area contributed by atoms with Gasteiger partial charge in [-0.2, -0.15) is 0 Å². The fourth-order valence-corrected chi connectivity index (χ4v) is 2.35. The number of aliphatic hydroxyl groups excluding tert-OH is 1. The van der Waals surface area contributed by atoms with E-state index in [1.165, 1.54) is 12.8 Å². The van der Waals surface area contributed by atoms with Gasteiger partial charge in [0.05, 0.1) is 6.10 Å². The molecule has 0 radical (unpaired) electrons. The lowest BCUT2D eigenvalue weighted by Crippen LogP contribution is -2.31. The van der Waals surface area contributed by atoms with Gasteiger partial charge in [0, 0.05) is 19.6 Å². The van der Waals surface area contributed by atoms with Crippen LogP contribution in [0.25, 0.3) is 0 Å². The van der Waals surface area contributed by atoms with Crippen LogP contribution < -0.4 is 0 Å². The summed E-state index contributed by atoms with van der Waals surface area (Å²) in [5.74, 6) is 1.72. The maximum absolute atomic E-state index is 12.0. The Labute approximate surface area is 72.4 Å². The van der Waals surface area contributed by atoms with Crippen molar-refractivity contribution in [3.05, 3.63) is 0 Å². The van der Waals surface area contributed by atoms with Gasteiger partial charge in [-0.05, 0) is 24.7 Å². The number of hydrogen-bond donors (Lipinski definition) is 1. The molecule has 1 aliphatic carbocycles. The Morgan fingerprint density at radius 1 is 1.33 bits per heavy atom. The number of alkyl halides is 1. The SMILES string of the molecule is OC(CF)CN1CC2CCC2C1. The van der Waals surface area contributed by atoms with E-state index in [9.17, 15) is 4.39 Å². The molecule has 0 aromatic heterocycles. The lowest BCUT2D eigenvalue weighted by atomic mass is 9.77. The van der Waals surface area contributed by atoms with Gasteiger partial charge < -0.3 is 10.0 Å². The van der Waals surface area contributed by atoms with Crippen molar-refractivity contribution in [1.82, 2.24) is 4.90 Å². The van der Waals surface area contributed by atoms with Crippen molar-refractivity contribution < 1.29 is 9.50 Å². The summed E-state index contributed by atoms with van der Waals surface area (Å²) in [7, 11) is 0. The van der Waals surface area contributed by atoms with E-state index in [0.717, 1.165) is 24.9 Å². The highest BCUT2D eigenvalue weighted by molar-refractivity contribution is 4.91. The molecular weight excluding hydrogens is 157 g/mol. The molecule has 1 saturated carbocycles. The zero-order valence-electron chi connectivity index (χ0n) is 7.25. The quantitative estimate of drug-likeness (QED) is 0.677. The number of β-amino-alcohol motifs (C(OH)–C–C–N with tert-alkyl or cyclic N) is 1. The summed E-state index contributed by atoms with van der Waals surface area (Å²) in [6, 6.07) is 0. The van der Waals surface area contributed by atoms with Crippen LogP contribution in [0.15, 0.2) is 0 Å². The molecule has 1 heterocycles. The van der Waals surface area contributed by atoms with Crippen molar-refractivity contribution in [1.29, 1.82) is 0 Å². The third-order valence-electron chi connectivity index (χ3n) is 3.21. The fraction of sp³-hybridized carbons (Fsp3) is 1.00. The molecule has 2 fully saturated rings. The predicted molar refractivity (Wildman–Crippen MR) is 44.6 cm³/mol. The van der Waals surface area contributed by atoms with E-state index in [1.807, 2.05) is 0 Å². The molecule has 1 N–H and O–H groups in total. The molecule has 2 rings (SSSR count). The number of aliphatic hydroxyl groups is 1. The normalized spacial score (nSPS) is 37.5. The third-order valence-corrected chi connectivity index (χ3v) is 3.21. The Hall–Kier alpha value is -0.150. The summed E-state index contributed by atoms with van der Waals surface area (Å²) in [5.41, 5.74) is 0. The lowest BCUT2D eigenvalue weighted by Gasteiger charge is -2.28. The highest BCUT2D eigenvalue weighted by Crippen LogP contribution is 2.40. The Morgan fingerprint density at radius 2 is 1.92 bits per heavy atom. The molecular formula is C9H16FNO. The summed E-state index contributed by atoms with van der Waals surface area (Å²) in [4.78, 5) is 2.20. The van der Waals surface area contributed by atoms with Crippen LogP contribution >= 0.6 is 0 Å². The molecule has 1 saturated heterocycles. The van der Waals surface area contributed by atoms with Crippen LogP contribution in [0.4, 0.5) is 4.39 Å². The molecule has 0 aromatic carbocycles. The number of fused-ring (bicyclic) bond motifs is 1. The second-order valence-electron chi connectivity index (χ2n) is 4.12. The Morgan fingerprint density at radius 3 is 2.33 bits per heavy atom. The first-order valence-corrected chi connectivity index (χ1v) is 4.76. The highest BCUT2D eigenvalue weighted by atomic mass is 19.1. The van der Waals surface area contributed by atoms with Crippen molar-refractivity contribution in [2.24, 2.45) is 11.8 Å². The summed E-state index contributed by atoms with van der Waals surface area (Å²) in [6.07, 6.45) is 1.92. The highest BCUT2D eigenvalue weighted by Gasteiger charge is 2.39. The Balaban J connectivity index is 1.75. The molecule has 3 unspecified atom stereocenters. The lowest BCUT2D eigenvalue weighted by molar-refractivity contribution is 0.0981. The number of nitrogens with zero attached hydrogens (tertiary/aromatic N) is 1. The monoisotopic (exact) mass is 173 g/mol. The maximum atomic E-state index is 12.0. The van der Waals surface area contributed by atoms with E-state index in [2.05, 4.69) is 4.90 Å².